The Kier molecular flexibility index (Phi) is 6.58. The summed E-state index contributed by atoms with van der Waals surface area (Å²) in [4.78, 5) is 13.1. The summed E-state index contributed by atoms with van der Waals surface area (Å²) in [6.45, 7) is 4.75. The van der Waals surface area contributed by atoms with Crippen LogP contribution in [0.2, 0.25) is 0 Å². The molecule has 1 fully saturated rings. The number of hydrogen-bond donors (Lipinski definition) is 1. The second kappa shape index (κ2) is 8.76. The number of benzene rings is 2. The molecule has 0 radical (unpaired) electrons. The van der Waals surface area contributed by atoms with E-state index in [0.29, 0.717) is 30.8 Å². The van der Waals surface area contributed by atoms with Gasteiger partial charge in [0.25, 0.3) is 0 Å². The lowest BCUT2D eigenvalue weighted by Gasteiger charge is -2.30. The SMILES string of the molecule is CCc1cc(Br)cc(C)c1NC(=O)C1CCN(S(=O)(=O)c2ccccc2)CC1. The fraction of sp³-hybridized carbons (Fsp3) is 0.381. The van der Waals surface area contributed by atoms with Gasteiger partial charge in [-0.3, -0.25) is 4.79 Å². The third-order valence-corrected chi connectivity index (χ3v) is 7.59. The van der Waals surface area contributed by atoms with Crippen molar-refractivity contribution in [3.63, 3.8) is 0 Å². The summed E-state index contributed by atoms with van der Waals surface area (Å²) in [5.41, 5.74) is 2.98. The van der Waals surface area contributed by atoms with E-state index in [2.05, 4.69) is 28.2 Å². The highest BCUT2D eigenvalue weighted by Crippen LogP contribution is 2.29. The highest BCUT2D eigenvalue weighted by Gasteiger charge is 2.32. The van der Waals surface area contributed by atoms with Crippen molar-refractivity contribution in [1.82, 2.24) is 4.31 Å². The van der Waals surface area contributed by atoms with Crippen molar-refractivity contribution >= 4 is 37.5 Å². The summed E-state index contributed by atoms with van der Waals surface area (Å²) >= 11 is 3.50. The van der Waals surface area contributed by atoms with Gasteiger partial charge in [-0.05, 0) is 61.6 Å². The van der Waals surface area contributed by atoms with E-state index in [0.717, 1.165) is 27.7 Å². The average Bonchev–Trinajstić information content (AvgIpc) is 2.70. The first kappa shape index (κ1) is 21.0. The number of halogens is 1. The van der Waals surface area contributed by atoms with Crippen LogP contribution in [0, 0.1) is 12.8 Å². The topological polar surface area (TPSA) is 66.5 Å². The standard InChI is InChI=1S/C21H25BrN2O3S/c1-3-16-14-18(22)13-15(2)20(16)23-21(25)17-9-11-24(12-10-17)28(26,27)19-7-5-4-6-8-19/h4-8,13-14,17H,3,9-12H2,1-2H3,(H,23,25). The van der Waals surface area contributed by atoms with Gasteiger partial charge in [0.2, 0.25) is 15.9 Å². The molecule has 1 aliphatic heterocycles. The summed E-state index contributed by atoms with van der Waals surface area (Å²) in [7, 11) is -3.50. The van der Waals surface area contributed by atoms with Gasteiger partial charge in [0.05, 0.1) is 4.90 Å². The van der Waals surface area contributed by atoms with Crippen LogP contribution in [0.5, 0.6) is 0 Å². The number of carbonyl (C=O) groups is 1. The average molecular weight is 465 g/mol. The van der Waals surface area contributed by atoms with Gasteiger partial charge in [-0.25, -0.2) is 8.42 Å². The quantitative estimate of drug-likeness (QED) is 0.714. The van der Waals surface area contributed by atoms with Gasteiger partial charge >= 0.3 is 0 Å². The molecule has 1 aliphatic rings. The second-order valence-corrected chi connectivity index (χ2v) is 9.94. The minimum atomic E-state index is -3.50. The van der Waals surface area contributed by atoms with Gasteiger partial charge in [-0.1, -0.05) is 41.1 Å². The number of nitrogens with one attached hydrogen (secondary N) is 1. The molecule has 2 aromatic rings. The Morgan fingerprint density at radius 2 is 1.82 bits per heavy atom. The Balaban J connectivity index is 1.67. The normalized spacial score (nSPS) is 16.1. The van der Waals surface area contributed by atoms with Gasteiger partial charge in [0.15, 0.2) is 0 Å². The van der Waals surface area contributed by atoms with E-state index in [-0.39, 0.29) is 11.8 Å². The van der Waals surface area contributed by atoms with Crippen molar-refractivity contribution in [2.45, 2.75) is 38.0 Å². The molecule has 1 N–H and O–H groups in total. The molecule has 0 aromatic heterocycles. The van der Waals surface area contributed by atoms with Gasteiger partial charge in [0.1, 0.15) is 0 Å². The molecule has 1 heterocycles. The lowest BCUT2D eigenvalue weighted by molar-refractivity contribution is -0.120. The molecular formula is C21H25BrN2O3S. The minimum absolute atomic E-state index is 0.0307. The van der Waals surface area contributed by atoms with E-state index < -0.39 is 10.0 Å². The third-order valence-electron chi connectivity index (χ3n) is 5.22. The maximum Gasteiger partial charge on any atom is 0.243 e. The Morgan fingerprint density at radius 1 is 1.18 bits per heavy atom. The first-order valence-electron chi connectivity index (χ1n) is 9.48. The molecule has 1 amide bonds. The molecule has 0 bridgehead atoms. The zero-order valence-corrected chi connectivity index (χ0v) is 18.5. The summed E-state index contributed by atoms with van der Waals surface area (Å²) in [5, 5.41) is 3.08. The van der Waals surface area contributed by atoms with E-state index in [1.165, 1.54) is 4.31 Å². The van der Waals surface area contributed by atoms with E-state index in [1.807, 2.05) is 19.1 Å². The largest absolute Gasteiger partial charge is 0.325 e. The highest BCUT2D eigenvalue weighted by atomic mass is 79.9. The smallest absolute Gasteiger partial charge is 0.243 e. The molecule has 3 rings (SSSR count). The van der Waals surface area contributed by atoms with Crippen molar-refractivity contribution in [1.29, 1.82) is 0 Å². The Morgan fingerprint density at radius 3 is 2.43 bits per heavy atom. The van der Waals surface area contributed by atoms with Gasteiger partial charge in [-0.15, -0.1) is 0 Å². The second-order valence-electron chi connectivity index (χ2n) is 7.09. The number of anilines is 1. The van der Waals surface area contributed by atoms with E-state index >= 15 is 0 Å². The molecular weight excluding hydrogens is 440 g/mol. The molecule has 2 aromatic carbocycles. The van der Waals surface area contributed by atoms with Crippen molar-refractivity contribution in [3.05, 3.63) is 58.1 Å². The molecule has 150 valence electrons. The number of hydrogen-bond acceptors (Lipinski definition) is 3. The Hall–Kier alpha value is -1.70. The van der Waals surface area contributed by atoms with Gasteiger partial charge in [0, 0.05) is 29.2 Å². The minimum Gasteiger partial charge on any atom is -0.325 e. The maximum atomic E-state index is 12.8. The molecule has 0 aliphatic carbocycles. The van der Waals surface area contributed by atoms with Crippen molar-refractivity contribution in [2.24, 2.45) is 5.92 Å². The van der Waals surface area contributed by atoms with Crippen LogP contribution in [0.15, 0.2) is 51.8 Å². The molecule has 0 saturated carbocycles. The Labute approximate surface area is 175 Å². The van der Waals surface area contributed by atoms with E-state index in [9.17, 15) is 13.2 Å². The predicted octanol–water partition coefficient (Wildman–Crippen LogP) is 4.36. The van der Waals surface area contributed by atoms with Crippen LogP contribution >= 0.6 is 15.9 Å². The fourth-order valence-corrected chi connectivity index (χ4v) is 5.71. The first-order chi connectivity index (χ1) is 13.3. The fourth-order valence-electron chi connectivity index (χ4n) is 3.60. The lowest BCUT2D eigenvalue weighted by atomic mass is 9.96. The van der Waals surface area contributed by atoms with Crippen LogP contribution in [0.1, 0.15) is 30.9 Å². The number of nitrogens with zero attached hydrogens (tertiary/aromatic N) is 1. The first-order valence-corrected chi connectivity index (χ1v) is 11.7. The van der Waals surface area contributed by atoms with Crippen LogP contribution in [0.4, 0.5) is 5.69 Å². The summed E-state index contributed by atoms with van der Waals surface area (Å²) in [6.07, 6.45) is 1.87. The van der Waals surface area contributed by atoms with Crippen LogP contribution in [-0.4, -0.2) is 31.7 Å². The number of sulfonamides is 1. The van der Waals surface area contributed by atoms with Crippen molar-refractivity contribution in [2.75, 3.05) is 18.4 Å². The zero-order valence-electron chi connectivity index (χ0n) is 16.1. The molecule has 1 saturated heterocycles. The van der Waals surface area contributed by atoms with Gasteiger partial charge < -0.3 is 5.32 Å². The van der Waals surface area contributed by atoms with Crippen LogP contribution in [0.3, 0.4) is 0 Å². The molecule has 7 heteroatoms. The molecule has 0 unspecified atom stereocenters. The van der Waals surface area contributed by atoms with Crippen LogP contribution in [0.25, 0.3) is 0 Å². The summed E-state index contributed by atoms with van der Waals surface area (Å²) < 4.78 is 28.0. The summed E-state index contributed by atoms with van der Waals surface area (Å²) in [6, 6.07) is 12.5. The predicted molar refractivity (Wildman–Crippen MR) is 115 cm³/mol. The lowest BCUT2D eigenvalue weighted by Crippen LogP contribution is -2.41. The highest BCUT2D eigenvalue weighted by molar-refractivity contribution is 9.10. The van der Waals surface area contributed by atoms with Crippen molar-refractivity contribution < 1.29 is 13.2 Å². The summed E-state index contributed by atoms with van der Waals surface area (Å²) in [5.74, 6) is -0.216. The van der Waals surface area contributed by atoms with Crippen LogP contribution < -0.4 is 5.32 Å². The third kappa shape index (κ3) is 4.47. The number of rotatable bonds is 5. The maximum absolute atomic E-state index is 12.8. The van der Waals surface area contributed by atoms with Gasteiger partial charge in [-0.2, -0.15) is 4.31 Å². The monoisotopic (exact) mass is 464 g/mol. The van der Waals surface area contributed by atoms with Crippen LogP contribution in [-0.2, 0) is 21.2 Å². The molecule has 28 heavy (non-hydrogen) atoms. The number of piperidine rings is 1. The zero-order chi connectivity index (χ0) is 20.3. The number of aryl methyl sites for hydroxylation is 2. The van der Waals surface area contributed by atoms with E-state index in [1.54, 1.807) is 30.3 Å². The molecule has 0 atom stereocenters. The molecule has 0 spiro atoms. The van der Waals surface area contributed by atoms with E-state index in [4.69, 9.17) is 0 Å². The number of amides is 1. The number of carbonyl (C=O) groups excluding carboxylic acids is 1. The molecule has 5 nitrogen and oxygen atoms in total. The Bertz CT molecular complexity index is 953. The van der Waals surface area contributed by atoms with Crippen molar-refractivity contribution in [3.8, 4) is 0 Å².